The lowest BCUT2D eigenvalue weighted by Crippen LogP contribution is -2.06. The van der Waals surface area contributed by atoms with Gasteiger partial charge in [0.25, 0.3) is 0 Å². The van der Waals surface area contributed by atoms with Gasteiger partial charge in [-0.05, 0) is 43.5 Å². The van der Waals surface area contributed by atoms with Crippen molar-refractivity contribution in [2.75, 3.05) is 6.54 Å². The SMILES string of the molecule is NCCc1cc2ccccc2nc1SC1CCCC1. The molecule has 3 heteroatoms. The third kappa shape index (κ3) is 2.93. The number of fused-ring (bicyclic) bond motifs is 1. The predicted molar refractivity (Wildman–Crippen MR) is 82.6 cm³/mol. The molecule has 1 aromatic carbocycles. The summed E-state index contributed by atoms with van der Waals surface area (Å²) in [5.41, 5.74) is 8.16. The van der Waals surface area contributed by atoms with Crippen LogP contribution in [0.25, 0.3) is 10.9 Å². The van der Waals surface area contributed by atoms with Gasteiger partial charge < -0.3 is 5.73 Å². The van der Waals surface area contributed by atoms with Gasteiger partial charge in [0.15, 0.2) is 0 Å². The first kappa shape index (κ1) is 12.9. The Kier molecular flexibility index (Phi) is 4.04. The number of thioether (sulfide) groups is 1. The number of rotatable bonds is 4. The Morgan fingerprint density at radius 3 is 2.79 bits per heavy atom. The fraction of sp³-hybridized carbons (Fsp3) is 0.438. The summed E-state index contributed by atoms with van der Waals surface area (Å²) in [5, 5.41) is 3.18. The Labute approximate surface area is 118 Å². The van der Waals surface area contributed by atoms with E-state index in [9.17, 15) is 0 Å². The molecule has 0 bridgehead atoms. The van der Waals surface area contributed by atoms with Gasteiger partial charge in [0.05, 0.1) is 5.52 Å². The molecule has 0 aliphatic heterocycles. The minimum absolute atomic E-state index is 0.693. The van der Waals surface area contributed by atoms with Crippen molar-refractivity contribution in [3.8, 4) is 0 Å². The third-order valence-corrected chi connectivity index (χ3v) is 5.14. The van der Waals surface area contributed by atoms with Gasteiger partial charge in [0.2, 0.25) is 0 Å². The summed E-state index contributed by atoms with van der Waals surface area (Å²) in [5.74, 6) is 0. The second-order valence-corrected chi connectivity index (χ2v) is 6.50. The summed E-state index contributed by atoms with van der Waals surface area (Å²) in [6.07, 6.45) is 6.34. The van der Waals surface area contributed by atoms with Crippen LogP contribution in [0.1, 0.15) is 31.2 Å². The van der Waals surface area contributed by atoms with Crippen LogP contribution in [0.5, 0.6) is 0 Å². The molecule has 19 heavy (non-hydrogen) atoms. The first-order chi connectivity index (χ1) is 9.36. The highest BCUT2D eigenvalue weighted by atomic mass is 32.2. The van der Waals surface area contributed by atoms with Crippen LogP contribution in [0.4, 0.5) is 0 Å². The Morgan fingerprint density at radius 1 is 1.21 bits per heavy atom. The van der Waals surface area contributed by atoms with Gasteiger partial charge in [-0.15, -0.1) is 11.8 Å². The molecule has 2 aromatic rings. The monoisotopic (exact) mass is 272 g/mol. The lowest BCUT2D eigenvalue weighted by Gasteiger charge is -2.13. The molecular weight excluding hydrogens is 252 g/mol. The minimum atomic E-state index is 0.693. The molecule has 0 amide bonds. The van der Waals surface area contributed by atoms with E-state index < -0.39 is 0 Å². The topological polar surface area (TPSA) is 38.9 Å². The van der Waals surface area contributed by atoms with Crippen molar-refractivity contribution >= 4 is 22.7 Å². The zero-order valence-electron chi connectivity index (χ0n) is 11.1. The van der Waals surface area contributed by atoms with E-state index in [0.29, 0.717) is 6.54 Å². The average molecular weight is 272 g/mol. The average Bonchev–Trinajstić information content (AvgIpc) is 2.93. The first-order valence-electron chi connectivity index (χ1n) is 7.12. The molecule has 1 aromatic heterocycles. The summed E-state index contributed by atoms with van der Waals surface area (Å²) in [6, 6.07) is 10.6. The third-order valence-electron chi connectivity index (χ3n) is 3.76. The van der Waals surface area contributed by atoms with Crippen LogP contribution < -0.4 is 5.73 Å². The molecule has 0 saturated heterocycles. The second kappa shape index (κ2) is 5.93. The van der Waals surface area contributed by atoms with Crippen molar-refractivity contribution in [3.05, 3.63) is 35.9 Å². The number of aromatic nitrogens is 1. The Hall–Kier alpha value is -1.06. The maximum atomic E-state index is 5.74. The minimum Gasteiger partial charge on any atom is -0.330 e. The molecule has 1 aliphatic rings. The largest absolute Gasteiger partial charge is 0.330 e. The molecule has 2 N–H and O–H groups in total. The number of hydrogen-bond acceptors (Lipinski definition) is 3. The molecule has 1 saturated carbocycles. The van der Waals surface area contributed by atoms with Crippen LogP contribution in [-0.2, 0) is 6.42 Å². The smallest absolute Gasteiger partial charge is 0.100 e. The van der Waals surface area contributed by atoms with Crippen molar-refractivity contribution in [2.45, 2.75) is 42.4 Å². The second-order valence-electron chi connectivity index (χ2n) is 5.21. The van der Waals surface area contributed by atoms with Gasteiger partial charge in [-0.3, -0.25) is 0 Å². The normalized spacial score (nSPS) is 16.3. The number of para-hydroxylation sites is 1. The van der Waals surface area contributed by atoms with Crippen molar-refractivity contribution in [3.63, 3.8) is 0 Å². The van der Waals surface area contributed by atoms with Gasteiger partial charge in [0.1, 0.15) is 5.03 Å². The van der Waals surface area contributed by atoms with Gasteiger partial charge in [0, 0.05) is 10.6 Å². The number of hydrogen-bond donors (Lipinski definition) is 1. The summed E-state index contributed by atoms with van der Waals surface area (Å²) < 4.78 is 0. The van der Waals surface area contributed by atoms with Crippen LogP contribution in [0.15, 0.2) is 35.4 Å². The molecule has 0 radical (unpaired) electrons. The van der Waals surface area contributed by atoms with Crippen LogP contribution in [0, 0.1) is 0 Å². The fourth-order valence-electron chi connectivity index (χ4n) is 2.74. The predicted octanol–water partition coefficient (Wildman–Crippen LogP) is 3.77. The number of benzene rings is 1. The van der Waals surface area contributed by atoms with E-state index in [2.05, 4.69) is 30.3 Å². The maximum absolute atomic E-state index is 5.74. The Balaban J connectivity index is 1.96. The van der Waals surface area contributed by atoms with Gasteiger partial charge in [-0.1, -0.05) is 31.0 Å². The summed E-state index contributed by atoms with van der Waals surface area (Å²) in [6.45, 7) is 0.693. The van der Waals surface area contributed by atoms with E-state index in [-0.39, 0.29) is 0 Å². The van der Waals surface area contributed by atoms with Crippen molar-refractivity contribution in [2.24, 2.45) is 5.73 Å². The van der Waals surface area contributed by atoms with Crippen LogP contribution in [-0.4, -0.2) is 16.8 Å². The van der Waals surface area contributed by atoms with Gasteiger partial charge >= 0.3 is 0 Å². The van der Waals surface area contributed by atoms with E-state index >= 15 is 0 Å². The number of nitrogens with two attached hydrogens (primary N) is 1. The molecule has 1 heterocycles. The van der Waals surface area contributed by atoms with E-state index in [1.54, 1.807) is 0 Å². The fourth-order valence-corrected chi connectivity index (χ4v) is 4.09. The Morgan fingerprint density at radius 2 is 2.00 bits per heavy atom. The zero-order chi connectivity index (χ0) is 13.1. The quantitative estimate of drug-likeness (QED) is 0.920. The number of pyridine rings is 1. The standard InChI is InChI=1S/C16H20N2S/c17-10-9-13-11-12-5-1-4-8-15(12)18-16(13)19-14-6-2-3-7-14/h1,4-5,8,11,14H,2-3,6-7,9-10,17H2. The summed E-state index contributed by atoms with van der Waals surface area (Å²) >= 11 is 1.97. The van der Waals surface area contributed by atoms with Crippen molar-refractivity contribution in [1.82, 2.24) is 4.98 Å². The van der Waals surface area contributed by atoms with Crippen LogP contribution in [0.3, 0.4) is 0 Å². The lowest BCUT2D eigenvalue weighted by molar-refractivity contribution is 0.886. The molecule has 1 fully saturated rings. The van der Waals surface area contributed by atoms with E-state index in [0.717, 1.165) is 17.2 Å². The van der Waals surface area contributed by atoms with E-state index in [1.165, 1.54) is 41.7 Å². The maximum Gasteiger partial charge on any atom is 0.100 e. The highest BCUT2D eigenvalue weighted by molar-refractivity contribution is 7.99. The molecule has 0 atom stereocenters. The highest BCUT2D eigenvalue weighted by Gasteiger charge is 2.18. The Bertz CT molecular complexity index is 562. The lowest BCUT2D eigenvalue weighted by atomic mass is 10.1. The summed E-state index contributed by atoms with van der Waals surface area (Å²) in [7, 11) is 0. The molecule has 0 spiro atoms. The summed E-state index contributed by atoms with van der Waals surface area (Å²) in [4.78, 5) is 4.86. The van der Waals surface area contributed by atoms with Crippen molar-refractivity contribution in [1.29, 1.82) is 0 Å². The zero-order valence-corrected chi connectivity index (χ0v) is 12.0. The molecule has 100 valence electrons. The highest BCUT2D eigenvalue weighted by Crippen LogP contribution is 2.36. The van der Waals surface area contributed by atoms with Crippen molar-refractivity contribution < 1.29 is 0 Å². The van der Waals surface area contributed by atoms with Crippen LogP contribution >= 0.6 is 11.8 Å². The van der Waals surface area contributed by atoms with Gasteiger partial charge in [-0.2, -0.15) is 0 Å². The first-order valence-corrected chi connectivity index (χ1v) is 8.00. The van der Waals surface area contributed by atoms with E-state index in [1.807, 2.05) is 11.8 Å². The van der Waals surface area contributed by atoms with Gasteiger partial charge in [-0.25, -0.2) is 4.98 Å². The molecule has 1 aliphatic carbocycles. The van der Waals surface area contributed by atoms with E-state index in [4.69, 9.17) is 10.7 Å². The molecule has 2 nitrogen and oxygen atoms in total. The molecule has 0 unspecified atom stereocenters. The molecular formula is C16H20N2S. The number of nitrogens with zero attached hydrogens (tertiary/aromatic N) is 1. The van der Waals surface area contributed by atoms with Crippen LogP contribution in [0.2, 0.25) is 0 Å². The molecule has 3 rings (SSSR count).